The molecular weight excluding hydrogens is 214 g/mol. The highest BCUT2D eigenvalue weighted by molar-refractivity contribution is 5.80. The summed E-state index contributed by atoms with van der Waals surface area (Å²) in [6.07, 6.45) is 1.66. The van der Waals surface area contributed by atoms with E-state index in [9.17, 15) is 4.79 Å². The summed E-state index contributed by atoms with van der Waals surface area (Å²) in [6.45, 7) is 0. The van der Waals surface area contributed by atoms with E-state index in [1.165, 1.54) is 0 Å². The molecule has 0 unspecified atom stereocenters. The third-order valence-corrected chi connectivity index (χ3v) is 2.58. The fourth-order valence-corrected chi connectivity index (χ4v) is 1.76. The fourth-order valence-electron chi connectivity index (χ4n) is 1.76. The second kappa shape index (κ2) is 3.87. The molecule has 2 heterocycles. The first-order valence-corrected chi connectivity index (χ1v) is 5.29. The van der Waals surface area contributed by atoms with Gasteiger partial charge in [-0.3, -0.25) is 4.98 Å². The van der Waals surface area contributed by atoms with Gasteiger partial charge < -0.3 is 4.42 Å². The zero-order chi connectivity index (χ0) is 11.7. The van der Waals surface area contributed by atoms with Crippen molar-refractivity contribution in [2.24, 2.45) is 0 Å². The van der Waals surface area contributed by atoms with Gasteiger partial charge in [0.1, 0.15) is 5.58 Å². The molecule has 0 aliphatic rings. The maximum Gasteiger partial charge on any atom is 0.345 e. The number of fused-ring (bicyclic) bond motifs is 1. The second-order valence-corrected chi connectivity index (χ2v) is 3.70. The Balaban J connectivity index is 2.31. The highest BCUT2D eigenvalue weighted by Gasteiger charge is 2.07. The lowest BCUT2D eigenvalue weighted by atomic mass is 10.1. The van der Waals surface area contributed by atoms with E-state index in [-0.39, 0.29) is 5.63 Å². The standard InChI is InChI=1S/C14H9NO2/c16-14-11(12-6-3-4-8-15-12)9-10-5-1-2-7-13(10)17-14/h1-9H. The molecule has 0 aliphatic heterocycles. The molecule has 1 aromatic carbocycles. The van der Waals surface area contributed by atoms with Crippen molar-refractivity contribution < 1.29 is 4.42 Å². The minimum absolute atomic E-state index is 0.359. The molecule has 3 heteroatoms. The van der Waals surface area contributed by atoms with Gasteiger partial charge in [-0.2, -0.15) is 0 Å². The van der Waals surface area contributed by atoms with Crippen LogP contribution in [-0.4, -0.2) is 4.98 Å². The van der Waals surface area contributed by atoms with E-state index in [1.54, 1.807) is 18.3 Å². The van der Waals surface area contributed by atoms with Gasteiger partial charge >= 0.3 is 5.63 Å². The van der Waals surface area contributed by atoms with E-state index in [4.69, 9.17) is 4.42 Å². The van der Waals surface area contributed by atoms with Crippen molar-refractivity contribution in [3.05, 3.63) is 65.1 Å². The lowest BCUT2D eigenvalue weighted by Crippen LogP contribution is -2.03. The number of pyridine rings is 1. The summed E-state index contributed by atoms with van der Waals surface area (Å²) in [4.78, 5) is 16.0. The molecule has 0 aliphatic carbocycles. The minimum Gasteiger partial charge on any atom is -0.422 e. The summed E-state index contributed by atoms with van der Waals surface area (Å²) in [5.41, 5.74) is 1.36. The van der Waals surface area contributed by atoms with E-state index >= 15 is 0 Å². The first-order valence-electron chi connectivity index (χ1n) is 5.29. The van der Waals surface area contributed by atoms with E-state index in [0.29, 0.717) is 16.8 Å². The molecule has 0 radical (unpaired) electrons. The van der Waals surface area contributed by atoms with Gasteiger partial charge in [-0.15, -0.1) is 0 Å². The average molecular weight is 223 g/mol. The summed E-state index contributed by atoms with van der Waals surface area (Å²) in [7, 11) is 0. The lowest BCUT2D eigenvalue weighted by Gasteiger charge is -2.00. The average Bonchev–Trinajstić information content (AvgIpc) is 2.39. The third-order valence-electron chi connectivity index (χ3n) is 2.58. The number of para-hydroxylation sites is 1. The van der Waals surface area contributed by atoms with Crippen molar-refractivity contribution in [3.63, 3.8) is 0 Å². The summed E-state index contributed by atoms with van der Waals surface area (Å²) >= 11 is 0. The number of benzene rings is 1. The van der Waals surface area contributed by atoms with Crippen LogP contribution in [0, 0.1) is 0 Å². The topological polar surface area (TPSA) is 43.1 Å². The molecule has 3 aromatic rings. The van der Waals surface area contributed by atoms with Crippen LogP contribution in [-0.2, 0) is 0 Å². The summed E-state index contributed by atoms with van der Waals surface area (Å²) in [5, 5.41) is 0.896. The van der Waals surface area contributed by atoms with Crippen LogP contribution in [0.5, 0.6) is 0 Å². The van der Waals surface area contributed by atoms with Crippen LogP contribution in [0.4, 0.5) is 0 Å². The molecule has 17 heavy (non-hydrogen) atoms. The Labute approximate surface area is 97.4 Å². The molecule has 0 amide bonds. The number of hydrogen-bond acceptors (Lipinski definition) is 3. The van der Waals surface area contributed by atoms with Gasteiger partial charge in [0.25, 0.3) is 0 Å². The highest BCUT2D eigenvalue weighted by Crippen LogP contribution is 2.18. The summed E-state index contributed by atoms with van der Waals surface area (Å²) in [6, 6.07) is 14.7. The molecule has 0 bridgehead atoms. The van der Waals surface area contributed by atoms with E-state index in [2.05, 4.69) is 4.98 Å². The predicted molar refractivity (Wildman–Crippen MR) is 65.7 cm³/mol. The zero-order valence-electron chi connectivity index (χ0n) is 8.96. The SMILES string of the molecule is O=c1oc2ccccc2cc1-c1ccccn1. The van der Waals surface area contributed by atoms with Crippen LogP contribution in [0.1, 0.15) is 0 Å². The molecule has 3 nitrogen and oxygen atoms in total. The summed E-state index contributed by atoms with van der Waals surface area (Å²) < 4.78 is 5.25. The quantitative estimate of drug-likeness (QED) is 0.596. The first kappa shape index (κ1) is 9.78. The van der Waals surface area contributed by atoms with Crippen LogP contribution >= 0.6 is 0 Å². The molecule has 0 atom stereocenters. The maximum atomic E-state index is 11.8. The van der Waals surface area contributed by atoms with Crippen LogP contribution in [0.25, 0.3) is 22.2 Å². The Bertz CT molecular complexity index is 717. The van der Waals surface area contributed by atoms with Gasteiger partial charge in [0.05, 0.1) is 11.3 Å². The third kappa shape index (κ3) is 1.72. The van der Waals surface area contributed by atoms with Crippen molar-refractivity contribution in [1.82, 2.24) is 4.98 Å². The van der Waals surface area contributed by atoms with Gasteiger partial charge in [0.15, 0.2) is 0 Å². The number of nitrogens with zero attached hydrogens (tertiary/aromatic N) is 1. The molecule has 0 N–H and O–H groups in total. The Kier molecular flexibility index (Phi) is 2.22. The first-order chi connectivity index (χ1) is 8.34. The summed E-state index contributed by atoms with van der Waals surface area (Å²) in [5.74, 6) is 0. The number of hydrogen-bond donors (Lipinski definition) is 0. The smallest absolute Gasteiger partial charge is 0.345 e. The van der Waals surface area contributed by atoms with Gasteiger partial charge in [-0.1, -0.05) is 24.3 Å². The molecule has 3 rings (SSSR count). The molecule has 0 saturated carbocycles. The van der Waals surface area contributed by atoms with Crippen molar-refractivity contribution in [1.29, 1.82) is 0 Å². The second-order valence-electron chi connectivity index (χ2n) is 3.70. The zero-order valence-corrected chi connectivity index (χ0v) is 8.96. The Morgan fingerprint density at radius 1 is 1.00 bits per heavy atom. The lowest BCUT2D eigenvalue weighted by molar-refractivity contribution is 0.563. The van der Waals surface area contributed by atoms with Gasteiger partial charge in [0.2, 0.25) is 0 Å². The Hall–Kier alpha value is -2.42. The maximum absolute atomic E-state index is 11.8. The van der Waals surface area contributed by atoms with E-state index < -0.39 is 0 Å². The van der Waals surface area contributed by atoms with E-state index in [0.717, 1.165) is 5.39 Å². The van der Waals surface area contributed by atoms with Gasteiger partial charge in [-0.25, -0.2) is 4.79 Å². The molecular formula is C14H9NO2. The fraction of sp³-hybridized carbons (Fsp3) is 0. The Morgan fingerprint density at radius 2 is 1.82 bits per heavy atom. The van der Waals surface area contributed by atoms with Crippen molar-refractivity contribution in [2.75, 3.05) is 0 Å². The molecule has 82 valence electrons. The molecule has 0 fully saturated rings. The number of rotatable bonds is 1. The van der Waals surface area contributed by atoms with Crippen LogP contribution in [0.15, 0.2) is 63.9 Å². The normalized spacial score (nSPS) is 10.6. The van der Waals surface area contributed by atoms with Gasteiger partial charge in [-0.05, 0) is 24.3 Å². The van der Waals surface area contributed by atoms with Crippen molar-refractivity contribution in [3.8, 4) is 11.3 Å². The van der Waals surface area contributed by atoms with Crippen molar-refractivity contribution >= 4 is 11.0 Å². The van der Waals surface area contributed by atoms with Crippen LogP contribution in [0.3, 0.4) is 0 Å². The molecule has 0 saturated heterocycles. The number of aromatic nitrogens is 1. The van der Waals surface area contributed by atoms with E-state index in [1.807, 2.05) is 36.4 Å². The minimum atomic E-state index is -0.359. The van der Waals surface area contributed by atoms with Crippen LogP contribution in [0.2, 0.25) is 0 Å². The van der Waals surface area contributed by atoms with Gasteiger partial charge in [0, 0.05) is 11.6 Å². The van der Waals surface area contributed by atoms with Crippen molar-refractivity contribution in [2.45, 2.75) is 0 Å². The molecule has 2 aromatic heterocycles. The largest absolute Gasteiger partial charge is 0.422 e. The highest BCUT2D eigenvalue weighted by atomic mass is 16.4. The monoisotopic (exact) mass is 223 g/mol. The Morgan fingerprint density at radius 3 is 2.65 bits per heavy atom. The van der Waals surface area contributed by atoms with Crippen LogP contribution < -0.4 is 5.63 Å². The molecule has 0 spiro atoms. The predicted octanol–water partition coefficient (Wildman–Crippen LogP) is 2.86.